The average Bonchev–Trinajstić information content (AvgIpc) is 2.51. The minimum absolute atomic E-state index is 0.178. The fraction of sp³-hybridized carbons (Fsp3) is 0.467. The van der Waals surface area contributed by atoms with Crippen LogP contribution < -0.4 is 10.6 Å². The Bertz CT molecular complexity index is 491. The van der Waals surface area contributed by atoms with Crippen LogP contribution in [0, 0.1) is 0 Å². The molecule has 1 unspecified atom stereocenters. The third-order valence-electron chi connectivity index (χ3n) is 3.30. The smallest absolute Gasteiger partial charge is 0.321 e. The van der Waals surface area contributed by atoms with Gasteiger partial charge in [0.2, 0.25) is 0 Å². The van der Waals surface area contributed by atoms with Gasteiger partial charge in [0.25, 0.3) is 0 Å². The van der Waals surface area contributed by atoms with Crippen molar-refractivity contribution in [1.29, 1.82) is 0 Å². The van der Waals surface area contributed by atoms with Gasteiger partial charge in [0.15, 0.2) is 0 Å². The lowest BCUT2D eigenvalue weighted by Crippen LogP contribution is -2.33. The van der Waals surface area contributed by atoms with Gasteiger partial charge in [0.05, 0.1) is 13.5 Å². The molecule has 2 N–H and O–H groups in total. The molecule has 1 rings (SSSR count). The molecule has 116 valence electrons. The van der Waals surface area contributed by atoms with Crippen LogP contribution in [0.3, 0.4) is 0 Å². The number of benzene rings is 1. The van der Waals surface area contributed by atoms with E-state index in [1.807, 2.05) is 38.2 Å². The van der Waals surface area contributed by atoms with Gasteiger partial charge < -0.3 is 20.3 Å². The molecule has 0 saturated carbocycles. The Hall–Kier alpha value is -2.08. The lowest BCUT2D eigenvalue weighted by Gasteiger charge is -2.18. The van der Waals surface area contributed by atoms with E-state index in [1.54, 1.807) is 7.05 Å². The molecule has 0 radical (unpaired) electrons. The first-order chi connectivity index (χ1) is 9.97. The zero-order valence-electron chi connectivity index (χ0n) is 13.0. The third-order valence-corrected chi connectivity index (χ3v) is 3.30. The molecular weight excluding hydrogens is 270 g/mol. The highest BCUT2D eigenvalue weighted by atomic mass is 16.5. The lowest BCUT2D eigenvalue weighted by molar-refractivity contribution is -0.140. The molecule has 1 aromatic rings. The van der Waals surface area contributed by atoms with Crippen molar-refractivity contribution in [2.75, 3.05) is 33.1 Å². The van der Waals surface area contributed by atoms with Gasteiger partial charge in [-0.25, -0.2) is 4.79 Å². The van der Waals surface area contributed by atoms with Crippen LogP contribution in [0.1, 0.15) is 24.9 Å². The quantitative estimate of drug-likeness (QED) is 0.787. The van der Waals surface area contributed by atoms with Crippen LogP contribution in [0.2, 0.25) is 0 Å². The third kappa shape index (κ3) is 5.43. The number of methoxy groups -OCH3 is 1. The maximum absolute atomic E-state index is 12.0. The number of nitrogens with one attached hydrogen (secondary N) is 2. The molecule has 0 bridgehead atoms. The molecule has 0 saturated heterocycles. The minimum atomic E-state index is -0.334. The molecule has 0 aliphatic heterocycles. The first kappa shape index (κ1) is 17.0. The number of hydrogen-bond donors (Lipinski definition) is 2. The van der Waals surface area contributed by atoms with Gasteiger partial charge in [-0.2, -0.15) is 0 Å². The Balaban J connectivity index is 2.59. The Morgan fingerprint density at radius 1 is 1.38 bits per heavy atom. The molecule has 6 heteroatoms. The summed E-state index contributed by atoms with van der Waals surface area (Å²) < 4.78 is 4.55. The molecule has 0 heterocycles. The minimum Gasteiger partial charge on any atom is -0.469 e. The van der Waals surface area contributed by atoms with E-state index in [0.29, 0.717) is 6.54 Å². The van der Waals surface area contributed by atoms with E-state index < -0.39 is 0 Å². The normalized spacial score (nSPS) is 11.6. The first-order valence-electron chi connectivity index (χ1n) is 6.84. The summed E-state index contributed by atoms with van der Waals surface area (Å²) in [7, 11) is 4.85. The number of ether oxygens (including phenoxy) is 1. The van der Waals surface area contributed by atoms with E-state index in [9.17, 15) is 9.59 Å². The largest absolute Gasteiger partial charge is 0.469 e. The summed E-state index contributed by atoms with van der Waals surface area (Å²) in [6.45, 7) is 2.36. The van der Waals surface area contributed by atoms with Crippen molar-refractivity contribution in [2.24, 2.45) is 0 Å². The number of nitrogens with zero attached hydrogens (tertiary/aromatic N) is 1. The second kappa shape index (κ2) is 8.26. The monoisotopic (exact) mass is 293 g/mol. The highest BCUT2D eigenvalue weighted by Crippen LogP contribution is 2.17. The molecule has 0 aromatic heterocycles. The van der Waals surface area contributed by atoms with E-state index >= 15 is 0 Å². The van der Waals surface area contributed by atoms with Gasteiger partial charge in [0.1, 0.15) is 0 Å². The number of hydrogen-bond acceptors (Lipinski definition) is 4. The number of carbonyl (C=O) groups excluding carboxylic acids is 2. The van der Waals surface area contributed by atoms with Gasteiger partial charge in [-0.15, -0.1) is 0 Å². The Labute approximate surface area is 125 Å². The van der Waals surface area contributed by atoms with Gasteiger partial charge >= 0.3 is 12.0 Å². The molecule has 1 aromatic carbocycles. The second-order valence-corrected chi connectivity index (χ2v) is 4.81. The Morgan fingerprint density at radius 3 is 2.71 bits per heavy atom. The van der Waals surface area contributed by atoms with Crippen molar-refractivity contribution < 1.29 is 14.3 Å². The molecule has 1 atom stereocenters. The summed E-state index contributed by atoms with van der Waals surface area (Å²) in [6, 6.07) is 7.60. The van der Waals surface area contributed by atoms with Crippen molar-refractivity contribution in [3.8, 4) is 0 Å². The van der Waals surface area contributed by atoms with Gasteiger partial charge in [-0.05, 0) is 31.7 Å². The number of urea groups is 1. The Morgan fingerprint density at radius 2 is 2.10 bits per heavy atom. The van der Waals surface area contributed by atoms with Crippen LogP contribution >= 0.6 is 0 Å². The topological polar surface area (TPSA) is 70.7 Å². The zero-order chi connectivity index (χ0) is 15.8. The summed E-state index contributed by atoms with van der Waals surface area (Å²) in [5.41, 5.74) is 1.82. The van der Waals surface area contributed by atoms with Gasteiger partial charge in [0, 0.05) is 25.3 Å². The maximum Gasteiger partial charge on any atom is 0.321 e. The van der Waals surface area contributed by atoms with Crippen LogP contribution in [0.5, 0.6) is 0 Å². The van der Waals surface area contributed by atoms with Crippen LogP contribution in [-0.4, -0.2) is 44.7 Å². The number of rotatable bonds is 6. The summed E-state index contributed by atoms with van der Waals surface area (Å²) in [4.78, 5) is 24.5. The SMILES string of the molecule is CNC(C)c1cccc(NC(=O)N(C)CCC(=O)OC)c1. The number of anilines is 1. The molecule has 0 aliphatic rings. The van der Waals surface area contributed by atoms with Gasteiger partial charge in [-0.1, -0.05) is 12.1 Å². The van der Waals surface area contributed by atoms with Crippen molar-refractivity contribution in [1.82, 2.24) is 10.2 Å². The average molecular weight is 293 g/mol. The van der Waals surface area contributed by atoms with Crippen molar-refractivity contribution in [3.63, 3.8) is 0 Å². The van der Waals surface area contributed by atoms with E-state index in [0.717, 1.165) is 11.3 Å². The van der Waals surface area contributed by atoms with Crippen LogP contribution in [0.15, 0.2) is 24.3 Å². The lowest BCUT2D eigenvalue weighted by atomic mass is 10.1. The highest BCUT2D eigenvalue weighted by molar-refractivity contribution is 5.89. The van der Waals surface area contributed by atoms with Gasteiger partial charge in [-0.3, -0.25) is 4.79 Å². The molecule has 6 nitrogen and oxygen atoms in total. The van der Waals surface area contributed by atoms with Crippen LogP contribution in [-0.2, 0) is 9.53 Å². The fourth-order valence-electron chi connectivity index (χ4n) is 1.73. The summed E-state index contributed by atoms with van der Waals surface area (Å²) >= 11 is 0. The predicted molar refractivity (Wildman–Crippen MR) is 82.2 cm³/mol. The number of amides is 2. The fourth-order valence-corrected chi connectivity index (χ4v) is 1.73. The second-order valence-electron chi connectivity index (χ2n) is 4.81. The molecular formula is C15H23N3O3. The van der Waals surface area contributed by atoms with Crippen molar-refractivity contribution in [2.45, 2.75) is 19.4 Å². The molecule has 0 aliphatic carbocycles. The molecule has 0 fully saturated rings. The Kier molecular flexibility index (Phi) is 6.68. The van der Waals surface area contributed by atoms with Crippen molar-refractivity contribution >= 4 is 17.7 Å². The molecule has 21 heavy (non-hydrogen) atoms. The number of carbonyl (C=O) groups is 2. The standard InChI is InChI=1S/C15H23N3O3/c1-11(16-2)12-6-5-7-13(10-12)17-15(20)18(3)9-8-14(19)21-4/h5-7,10-11,16H,8-9H2,1-4H3,(H,17,20). The predicted octanol–water partition coefficient (Wildman–Crippen LogP) is 1.99. The molecule has 0 spiro atoms. The van der Waals surface area contributed by atoms with Crippen LogP contribution in [0.25, 0.3) is 0 Å². The summed E-state index contributed by atoms with van der Waals surface area (Å²) in [6.07, 6.45) is 0.178. The highest BCUT2D eigenvalue weighted by Gasteiger charge is 2.11. The zero-order valence-corrected chi connectivity index (χ0v) is 13.0. The van der Waals surface area contributed by atoms with E-state index in [1.165, 1.54) is 12.0 Å². The van der Waals surface area contributed by atoms with E-state index in [4.69, 9.17) is 0 Å². The van der Waals surface area contributed by atoms with Crippen molar-refractivity contribution in [3.05, 3.63) is 29.8 Å². The molecule has 2 amide bonds. The first-order valence-corrected chi connectivity index (χ1v) is 6.84. The summed E-state index contributed by atoms with van der Waals surface area (Å²) in [5.74, 6) is -0.334. The van der Waals surface area contributed by atoms with Crippen LogP contribution in [0.4, 0.5) is 10.5 Å². The van der Waals surface area contributed by atoms with E-state index in [-0.39, 0.29) is 24.5 Å². The summed E-state index contributed by atoms with van der Waals surface area (Å²) in [5, 5.41) is 5.96. The van der Waals surface area contributed by atoms with E-state index in [2.05, 4.69) is 15.4 Å². The number of esters is 1. The maximum atomic E-state index is 12.0.